The second kappa shape index (κ2) is 7.08. The predicted molar refractivity (Wildman–Crippen MR) is 121 cm³/mol. The van der Waals surface area contributed by atoms with Crippen LogP contribution in [0.4, 0.5) is 0 Å². The van der Waals surface area contributed by atoms with Crippen LogP contribution < -0.4 is 0 Å². The predicted octanol–water partition coefficient (Wildman–Crippen LogP) is 3.36. The van der Waals surface area contributed by atoms with E-state index in [9.17, 15) is 29.5 Å². The van der Waals surface area contributed by atoms with Crippen molar-refractivity contribution in [2.24, 2.45) is 17.8 Å². The molecule has 7 heteroatoms. The van der Waals surface area contributed by atoms with Gasteiger partial charge in [0, 0.05) is 28.0 Å². The van der Waals surface area contributed by atoms with E-state index >= 15 is 0 Å². The second-order valence-electron chi connectivity index (χ2n) is 9.44. The van der Waals surface area contributed by atoms with Crippen LogP contribution in [-0.4, -0.2) is 38.8 Å². The van der Waals surface area contributed by atoms with Crippen LogP contribution in [0.5, 0.6) is 5.75 Å². The van der Waals surface area contributed by atoms with Crippen LogP contribution in [0.15, 0.2) is 70.8 Å². The summed E-state index contributed by atoms with van der Waals surface area (Å²) >= 11 is 0. The Bertz CT molecular complexity index is 1440. The molecular formula is C27H21NO6. The number of hydrogen-bond donors (Lipinski definition) is 2. The maximum absolute atomic E-state index is 13.3. The summed E-state index contributed by atoms with van der Waals surface area (Å²) in [4.78, 5) is 51.9. The van der Waals surface area contributed by atoms with Gasteiger partial charge in [0.1, 0.15) is 5.75 Å². The number of benzene rings is 2. The number of phenolic OH excluding ortho intramolecular Hbond substituents is 1. The van der Waals surface area contributed by atoms with Crippen LogP contribution in [-0.2, 0) is 19.2 Å². The maximum atomic E-state index is 13.3. The summed E-state index contributed by atoms with van der Waals surface area (Å²) in [6.45, 7) is 1.60. The topological polar surface area (TPSA) is 112 Å². The van der Waals surface area contributed by atoms with Gasteiger partial charge < -0.3 is 5.11 Å². The number of amides is 2. The first-order valence-electron chi connectivity index (χ1n) is 11.3. The third-order valence-corrected chi connectivity index (χ3v) is 7.78. The zero-order chi connectivity index (χ0) is 23.9. The summed E-state index contributed by atoms with van der Waals surface area (Å²) < 4.78 is 0. The summed E-state index contributed by atoms with van der Waals surface area (Å²) in [5.41, 5.74) is 2.66. The van der Waals surface area contributed by atoms with E-state index < -0.39 is 35.5 Å². The Balaban J connectivity index is 1.62. The van der Waals surface area contributed by atoms with E-state index in [1.54, 1.807) is 25.1 Å². The Morgan fingerprint density at radius 2 is 1.68 bits per heavy atom. The van der Waals surface area contributed by atoms with Crippen molar-refractivity contribution in [1.29, 1.82) is 0 Å². The molecule has 7 nitrogen and oxygen atoms in total. The smallest absolute Gasteiger partial charge is 0.257 e. The molecule has 2 aromatic carbocycles. The number of nitrogens with zero attached hydrogens (tertiary/aromatic N) is 1. The van der Waals surface area contributed by atoms with Crippen molar-refractivity contribution in [1.82, 2.24) is 5.06 Å². The molecule has 4 aliphatic rings. The molecule has 4 atom stereocenters. The molecule has 2 amide bonds. The number of ketones is 2. The van der Waals surface area contributed by atoms with Crippen molar-refractivity contribution in [2.75, 3.05) is 0 Å². The van der Waals surface area contributed by atoms with E-state index in [0.717, 1.165) is 16.5 Å². The molecule has 6 rings (SSSR count). The average Bonchev–Trinajstić information content (AvgIpc) is 3.06. The summed E-state index contributed by atoms with van der Waals surface area (Å²) in [5.74, 6) is -4.22. The number of phenols is 1. The lowest BCUT2D eigenvalue weighted by atomic mass is 9.59. The number of imide groups is 1. The first-order chi connectivity index (χ1) is 16.3. The largest absolute Gasteiger partial charge is 0.507 e. The monoisotopic (exact) mass is 455 g/mol. The molecule has 2 N–H and O–H groups in total. The van der Waals surface area contributed by atoms with Gasteiger partial charge in [0.15, 0.2) is 11.6 Å². The summed E-state index contributed by atoms with van der Waals surface area (Å²) in [7, 11) is 0. The van der Waals surface area contributed by atoms with Crippen molar-refractivity contribution in [3.05, 3.63) is 76.4 Å². The number of Topliss-reactive ketones (excluding diaryl/α,β-unsaturated/α-hetero) is 1. The average molecular weight is 455 g/mol. The lowest BCUT2D eigenvalue weighted by Gasteiger charge is -2.42. The second-order valence-corrected chi connectivity index (χ2v) is 9.44. The molecule has 0 aromatic heterocycles. The highest BCUT2D eigenvalue weighted by Gasteiger charge is 2.56. The number of allylic oxidation sites excluding steroid dienone is 6. The highest BCUT2D eigenvalue weighted by Crippen LogP contribution is 2.55. The minimum Gasteiger partial charge on any atom is -0.507 e. The number of hydroxylamine groups is 2. The zero-order valence-electron chi connectivity index (χ0n) is 18.3. The van der Waals surface area contributed by atoms with Crippen molar-refractivity contribution in [2.45, 2.75) is 25.7 Å². The van der Waals surface area contributed by atoms with Gasteiger partial charge in [-0.05, 0) is 48.8 Å². The lowest BCUT2D eigenvalue weighted by Crippen LogP contribution is -2.39. The lowest BCUT2D eigenvalue weighted by molar-refractivity contribution is -0.173. The Labute approximate surface area is 194 Å². The van der Waals surface area contributed by atoms with E-state index in [1.807, 2.05) is 24.3 Å². The molecule has 4 unspecified atom stereocenters. The summed E-state index contributed by atoms with van der Waals surface area (Å²) in [6.07, 6.45) is 3.69. The van der Waals surface area contributed by atoms with Crippen LogP contribution >= 0.6 is 0 Å². The molecule has 3 aliphatic carbocycles. The van der Waals surface area contributed by atoms with Gasteiger partial charge in [0.2, 0.25) is 0 Å². The van der Waals surface area contributed by atoms with Gasteiger partial charge in [-0.2, -0.15) is 5.06 Å². The minimum atomic E-state index is -0.786. The third-order valence-electron chi connectivity index (χ3n) is 7.78. The van der Waals surface area contributed by atoms with Crippen molar-refractivity contribution in [3.8, 4) is 5.75 Å². The molecule has 1 heterocycles. The maximum Gasteiger partial charge on any atom is 0.257 e. The number of carbonyl (C=O) groups excluding carboxylic acids is 4. The standard InChI is InChI=1S/C27H21NO6/c1-12-10-21(30)24-19(25(12)31)11-18-16(6-7-17-23(18)27(33)28(34)26(17)32)22(24)15-8-9-20(29)14-5-3-2-4-13(14)15/h2-6,8-10,17-18,22-23,29,34H,7,11H2,1H3. The first-order valence-corrected chi connectivity index (χ1v) is 11.3. The highest BCUT2D eigenvalue weighted by molar-refractivity contribution is 6.24. The normalized spacial score (nSPS) is 28.6. The number of carbonyl (C=O) groups is 4. The van der Waals surface area contributed by atoms with Crippen LogP contribution in [0.1, 0.15) is 31.2 Å². The number of aromatic hydroxyl groups is 1. The van der Waals surface area contributed by atoms with Gasteiger partial charge in [-0.25, -0.2) is 0 Å². The number of rotatable bonds is 1. The fourth-order valence-corrected chi connectivity index (χ4v) is 6.28. The third kappa shape index (κ3) is 2.61. The van der Waals surface area contributed by atoms with Gasteiger partial charge in [0.05, 0.1) is 11.8 Å². The Morgan fingerprint density at radius 3 is 2.44 bits per heavy atom. The molecule has 1 saturated heterocycles. The van der Waals surface area contributed by atoms with Crippen LogP contribution in [0.25, 0.3) is 10.8 Å². The summed E-state index contributed by atoms with van der Waals surface area (Å²) in [6, 6.07) is 10.6. The summed E-state index contributed by atoms with van der Waals surface area (Å²) in [5, 5.41) is 22.1. The molecule has 2 aromatic rings. The van der Waals surface area contributed by atoms with Gasteiger partial charge in [0.25, 0.3) is 11.8 Å². The molecular weight excluding hydrogens is 434 g/mol. The first kappa shape index (κ1) is 20.7. The minimum absolute atomic E-state index is 0.105. The van der Waals surface area contributed by atoms with Crippen LogP contribution in [0.3, 0.4) is 0 Å². The Hall–Kier alpha value is -3.84. The molecule has 0 spiro atoms. The van der Waals surface area contributed by atoms with E-state index in [4.69, 9.17) is 0 Å². The molecule has 1 aliphatic heterocycles. The van der Waals surface area contributed by atoms with E-state index in [1.165, 1.54) is 6.08 Å². The number of fused-ring (bicyclic) bond motifs is 4. The quantitative estimate of drug-likeness (QED) is 0.295. The van der Waals surface area contributed by atoms with Crippen molar-refractivity contribution < 1.29 is 29.5 Å². The van der Waals surface area contributed by atoms with Gasteiger partial charge in [-0.1, -0.05) is 42.0 Å². The van der Waals surface area contributed by atoms with Gasteiger partial charge >= 0.3 is 0 Å². The zero-order valence-corrected chi connectivity index (χ0v) is 18.3. The number of hydrogen-bond acceptors (Lipinski definition) is 6. The molecule has 0 radical (unpaired) electrons. The van der Waals surface area contributed by atoms with Crippen LogP contribution in [0, 0.1) is 17.8 Å². The molecule has 34 heavy (non-hydrogen) atoms. The van der Waals surface area contributed by atoms with E-state index in [2.05, 4.69) is 0 Å². The van der Waals surface area contributed by atoms with Gasteiger partial charge in [-0.15, -0.1) is 0 Å². The highest BCUT2D eigenvalue weighted by atomic mass is 16.5. The molecule has 1 fully saturated rings. The van der Waals surface area contributed by atoms with Crippen LogP contribution in [0.2, 0.25) is 0 Å². The Kier molecular flexibility index (Phi) is 4.32. The fourth-order valence-electron chi connectivity index (χ4n) is 6.28. The van der Waals surface area contributed by atoms with Gasteiger partial charge in [-0.3, -0.25) is 24.4 Å². The van der Waals surface area contributed by atoms with E-state index in [0.29, 0.717) is 22.1 Å². The molecule has 0 bridgehead atoms. The van der Waals surface area contributed by atoms with E-state index in [-0.39, 0.29) is 35.2 Å². The SMILES string of the molecule is CC1=CC(=O)C2=C(CC3C(=CCC4C(=O)N(O)C(=O)C43)C2c2ccc(O)c3ccccc23)C1=O. The fraction of sp³-hybridized carbons (Fsp3) is 0.259. The van der Waals surface area contributed by atoms with Crippen molar-refractivity contribution in [3.63, 3.8) is 0 Å². The Morgan fingerprint density at radius 1 is 0.941 bits per heavy atom. The van der Waals surface area contributed by atoms with Crippen molar-refractivity contribution >= 4 is 34.2 Å². The molecule has 0 saturated carbocycles. The molecule has 170 valence electrons.